The molecular weight excluding hydrogens is 1230 g/mol. The van der Waals surface area contributed by atoms with Crippen LogP contribution < -0.4 is 0 Å². The van der Waals surface area contributed by atoms with Gasteiger partial charge in [-0.05, 0) is 322 Å². The lowest BCUT2D eigenvalue weighted by molar-refractivity contribution is 0.0348. The lowest BCUT2D eigenvalue weighted by atomic mass is 9.64. The number of alkyl halides is 4. The van der Waals surface area contributed by atoms with E-state index in [9.17, 15) is 17.6 Å². The van der Waals surface area contributed by atoms with E-state index in [2.05, 4.69) is 55.4 Å². The monoisotopic (exact) mass is 1390 g/mol. The Balaban J connectivity index is -0.000000564. The molecular formula is C80H164F4O12. The van der Waals surface area contributed by atoms with Gasteiger partial charge in [-0.1, -0.05) is 158 Å². The van der Waals surface area contributed by atoms with E-state index in [0.29, 0.717) is 71.0 Å². The second-order valence-electron chi connectivity index (χ2n) is 35.2. The predicted octanol–water partition coefficient (Wildman–Crippen LogP) is 15.7. The van der Waals surface area contributed by atoms with E-state index in [4.69, 9.17) is 0 Å². The van der Waals surface area contributed by atoms with Gasteiger partial charge in [-0.25, -0.2) is 17.6 Å². The fourth-order valence-corrected chi connectivity index (χ4v) is 22.4. The number of hydrogen-bond donors (Lipinski definition) is 0. The van der Waals surface area contributed by atoms with Crippen LogP contribution >= 0.6 is 0 Å². The molecule has 12 saturated carbocycles. The Morgan fingerprint density at radius 1 is 0.135 bits per heavy atom. The fraction of sp³-hybridized carbons (Fsp3) is 1.00. The maximum absolute atomic E-state index is 14.8. The van der Waals surface area contributed by atoms with Crippen LogP contribution in [-0.4, -0.2) is 90.4 Å². The highest BCUT2D eigenvalue weighted by atomic mass is 19.1. The van der Waals surface area contributed by atoms with Crippen molar-refractivity contribution in [3.8, 4) is 0 Å². The smallest absolute Gasteiger partial charge is 0.103 e. The van der Waals surface area contributed by atoms with Crippen LogP contribution in [0.3, 0.4) is 0 Å². The van der Waals surface area contributed by atoms with Gasteiger partial charge in [0.25, 0.3) is 0 Å². The van der Waals surface area contributed by atoms with Crippen molar-refractivity contribution in [1.82, 2.24) is 0 Å². The number of halogens is 4. The topological polar surface area (TPSA) is 378 Å². The Kier molecular flexibility index (Phi) is 53.6. The molecule has 0 spiro atoms. The molecule has 12 rings (SSSR count). The van der Waals surface area contributed by atoms with Crippen molar-refractivity contribution in [3.63, 3.8) is 0 Å². The van der Waals surface area contributed by atoms with Gasteiger partial charge in [0.15, 0.2) is 0 Å². The van der Waals surface area contributed by atoms with Gasteiger partial charge in [0.2, 0.25) is 0 Å². The van der Waals surface area contributed by atoms with Gasteiger partial charge >= 0.3 is 0 Å². The van der Waals surface area contributed by atoms with Crippen molar-refractivity contribution in [3.05, 3.63) is 0 Å². The zero-order valence-corrected chi connectivity index (χ0v) is 62.8. The second-order valence-corrected chi connectivity index (χ2v) is 35.2. The molecule has 0 amide bonds. The molecule has 12 aliphatic rings. The van der Waals surface area contributed by atoms with E-state index in [1.165, 1.54) is 257 Å². The average Bonchev–Trinajstić information content (AvgIpc) is 0.861. The van der Waals surface area contributed by atoms with Gasteiger partial charge < -0.3 is 65.7 Å². The molecule has 0 aromatic carbocycles. The van der Waals surface area contributed by atoms with Crippen molar-refractivity contribution in [1.29, 1.82) is 0 Å². The molecule has 0 heterocycles. The highest BCUT2D eigenvalue weighted by Gasteiger charge is 2.44. The minimum atomic E-state index is -0.485. The quantitative estimate of drug-likeness (QED) is 0.205. The van der Waals surface area contributed by atoms with Crippen molar-refractivity contribution in [2.24, 2.45) is 142 Å². The minimum absolute atomic E-state index is 0. The molecule has 12 nitrogen and oxygen atoms in total. The molecule has 12 aliphatic carbocycles. The Hall–Kier alpha value is -0.760. The summed E-state index contributed by atoms with van der Waals surface area (Å²) in [7, 11) is 0. The minimum Gasteiger partial charge on any atom is -0.412 e. The summed E-state index contributed by atoms with van der Waals surface area (Å²) in [5, 5.41) is 0. The molecule has 0 bridgehead atoms. The van der Waals surface area contributed by atoms with E-state index >= 15 is 0 Å². The van der Waals surface area contributed by atoms with Crippen LogP contribution in [0.2, 0.25) is 0 Å². The van der Waals surface area contributed by atoms with Gasteiger partial charge in [-0.15, -0.1) is 0 Å². The maximum Gasteiger partial charge on any atom is 0.103 e. The normalized spacial score (nSPS) is 42.9. The molecule has 12 atom stereocenters. The highest BCUT2D eigenvalue weighted by molar-refractivity contribution is 4.94. The summed E-state index contributed by atoms with van der Waals surface area (Å²) in [5.41, 5.74) is 0. The molecule has 0 aromatic heterocycles. The summed E-state index contributed by atoms with van der Waals surface area (Å²) in [5.74, 6) is 18.0. The van der Waals surface area contributed by atoms with Crippen LogP contribution in [-0.2, 0) is 0 Å². The molecule has 96 heavy (non-hydrogen) atoms. The first-order valence-corrected chi connectivity index (χ1v) is 39.1. The van der Waals surface area contributed by atoms with Gasteiger partial charge in [0, 0.05) is 0 Å². The van der Waals surface area contributed by atoms with Gasteiger partial charge in [-0.2, -0.15) is 0 Å². The standard InChI is InChI=1S/4C20H35F.12H2O/c4*1-14-3-7-16(8-4-14)18-11-12-19(20(21)13-18)17-9-5-15(2)6-10-17;;;;;;;;;;;;/h4*14-20H,3-13H2,1-2H3;12*1H2. The van der Waals surface area contributed by atoms with Crippen LogP contribution in [0.25, 0.3) is 0 Å². The van der Waals surface area contributed by atoms with Gasteiger partial charge in [0.05, 0.1) is 0 Å². The second kappa shape index (κ2) is 50.6. The first kappa shape index (κ1) is 102. The summed E-state index contributed by atoms with van der Waals surface area (Å²) in [6, 6.07) is 0. The van der Waals surface area contributed by atoms with Crippen molar-refractivity contribution < 1.29 is 83.3 Å². The SMILES string of the molecule is CC1CCC(C2CCC(C3CCC(C)CC3)C(F)C2)CC1.CC1CCC(C2CCC(C3CCC(C)CC3)C(F)C2)CC1.CC1CCC(C2CCC(C3CCC(C)CC3)C(F)C2)CC1.CC1CCC(C2CCC(C3CCC(C)CC3)C(F)C2)CC1.O.O.O.O.O.O.O.O.O.O.O.O. The summed E-state index contributed by atoms with van der Waals surface area (Å²) in [6.45, 7) is 19.0. The molecule has 24 N–H and O–H groups in total. The van der Waals surface area contributed by atoms with Crippen molar-refractivity contribution in [2.45, 2.75) is 363 Å². The molecule has 0 aliphatic heterocycles. The molecule has 16 heteroatoms. The van der Waals surface area contributed by atoms with Crippen LogP contribution in [0.15, 0.2) is 0 Å². The van der Waals surface area contributed by atoms with Crippen LogP contribution in [0.5, 0.6) is 0 Å². The lowest BCUT2D eigenvalue weighted by Crippen LogP contribution is -2.36. The third-order valence-electron chi connectivity index (χ3n) is 29.0. The average molecular weight is 1390 g/mol. The Labute approximate surface area is 585 Å². The molecule has 0 radical (unpaired) electrons. The Bertz CT molecular complexity index is 1550. The van der Waals surface area contributed by atoms with Crippen LogP contribution in [0.4, 0.5) is 17.6 Å². The fourth-order valence-electron chi connectivity index (χ4n) is 22.4. The predicted molar refractivity (Wildman–Crippen MR) is 395 cm³/mol. The summed E-state index contributed by atoms with van der Waals surface area (Å²) in [4.78, 5) is 0. The number of rotatable bonds is 8. The summed E-state index contributed by atoms with van der Waals surface area (Å²) < 4.78 is 59.2. The van der Waals surface area contributed by atoms with Gasteiger partial charge in [-0.3, -0.25) is 0 Å². The largest absolute Gasteiger partial charge is 0.412 e. The van der Waals surface area contributed by atoms with Crippen molar-refractivity contribution >= 4 is 0 Å². The Morgan fingerprint density at radius 3 is 0.354 bits per heavy atom. The first-order valence-electron chi connectivity index (χ1n) is 39.1. The summed E-state index contributed by atoms with van der Waals surface area (Å²) in [6.07, 6.45) is 55.1. The van der Waals surface area contributed by atoms with E-state index in [-0.39, 0.29) is 65.7 Å². The van der Waals surface area contributed by atoms with Gasteiger partial charge in [0.1, 0.15) is 24.7 Å². The van der Waals surface area contributed by atoms with E-state index in [1.54, 1.807) is 0 Å². The molecule has 0 aromatic rings. The van der Waals surface area contributed by atoms with Crippen LogP contribution in [0, 0.1) is 142 Å². The lowest BCUT2D eigenvalue weighted by Gasteiger charge is -2.42. The molecule has 584 valence electrons. The maximum atomic E-state index is 14.8. The Morgan fingerprint density at radius 2 is 0.240 bits per heavy atom. The molecule has 0 saturated heterocycles. The van der Waals surface area contributed by atoms with E-state index in [0.717, 1.165) is 96.7 Å². The zero-order valence-electron chi connectivity index (χ0n) is 62.8. The molecule has 12 unspecified atom stereocenters. The third-order valence-corrected chi connectivity index (χ3v) is 29.0. The third kappa shape index (κ3) is 29.8. The van der Waals surface area contributed by atoms with E-state index < -0.39 is 24.7 Å². The number of hydrogen-bond acceptors (Lipinski definition) is 0. The van der Waals surface area contributed by atoms with Crippen molar-refractivity contribution in [2.75, 3.05) is 0 Å². The van der Waals surface area contributed by atoms with Crippen LogP contribution in [0.1, 0.15) is 338 Å². The molecule has 12 fully saturated rings. The highest BCUT2D eigenvalue weighted by Crippen LogP contribution is 2.52. The van der Waals surface area contributed by atoms with E-state index in [1.807, 2.05) is 0 Å². The summed E-state index contributed by atoms with van der Waals surface area (Å²) >= 11 is 0. The zero-order chi connectivity index (χ0) is 59.3. The first-order chi connectivity index (χ1) is 40.5.